The van der Waals surface area contributed by atoms with Crippen LogP contribution in [0, 0.1) is 0 Å². The van der Waals surface area contributed by atoms with Gasteiger partial charge in [0.2, 0.25) is 0 Å². The van der Waals surface area contributed by atoms with Crippen LogP contribution in [0.1, 0.15) is 10.5 Å². The van der Waals surface area contributed by atoms with Gasteiger partial charge in [0.15, 0.2) is 0 Å². The number of likely N-dealkylation sites (N-methyl/N-ethyl adjacent to an activating group) is 1. The van der Waals surface area contributed by atoms with Crippen molar-refractivity contribution in [1.29, 1.82) is 0 Å². The Labute approximate surface area is 94.3 Å². The van der Waals surface area contributed by atoms with Crippen molar-refractivity contribution in [3.8, 4) is 0 Å². The molecule has 0 spiro atoms. The van der Waals surface area contributed by atoms with Crippen LogP contribution in [0.25, 0.3) is 0 Å². The van der Waals surface area contributed by atoms with E-state index in [2.05, 4.69) is 10.3 Å². The van der Waals surface area contributed by atoms with Gasteiger partial charge >= 0.3 is 0 Å². The molecular weight excluding hydrogens is 214 g/mol. The Morgan fingerprint density at radius 2 is 2.33 bits per heavy atom. The van der Waals surface area contributed by atoms with E-state index in [0.29, 0.717) is 17.3 Å². The van der Waals surface area contributed by atoms with E-state index < -0.39 is 0 Å². The Bertz CT molecular complexity index is 341. The van der Waals surface area contributed by atoms with Crippen LogP contribution in [0.2, 0.25) is 5.02 Å². The molecule has 0 atom stereocenters. The summed E-state index contributed by atoms with van der Waals surface area (Å²) in [7, 11) is 3.90. The van der Waals surface area contributed by atoms with Crippen LogP contribution < -0.4 is 5.32 Å². The molecule has 1 aromatic rings. The van der Waals surface area contributed by atoms with E-state index >= 15 is 0 Å². The van der Waals surface area contributed by atoms with E-state index in [1.807, 2.05) is 19.0 Å². The zero-order valence-electron chi connectivity index (χ0n) is 8.83. The number of nitrogens with zero attached hydrogens (tertiary/aromatic N) is 2. The lowest BCUT2D eigenvalue weighted by atomic mass is 10.3. The first kappa shape index (κ1) is 11.9. The summed E-state index contributed by atoms with van der Waals surface area (Å²) in [6, 6.07) is 3.19. The van der Waals surface area contributed by atoms with Crippen LogP contribution in [-0.2, 0) is 0 Å². The summed E-state index contributed by atoms with van der Waals surface area (Å²) in [6.07, 6.45) is 1.52. The molecule has 1 N–H and O–H groups in total. The Kier molecular flexibility index (Phi) is 4.52. The summed E-state index contributed by atoms with van der Waals surface area (Å²) >= 11 is 5.75. The number of hydrogen-bond donors (Lipinski definition) is 1. The fourth-order valence-corrected chi connectivity index (χ4v) is 1.17. The number of hydrogen-bond acceptors (Lipinski definition) is 3. The van der Waals surface area contributed by atoms with Gasteiger partial charge in [-0.05, 0) is 26.2 Å². The number of carbonyl (C=O) groups is 1. The third-order valence-electron chi connectivity index (χ3n) is 1.80. The van der Waals surface area contributed by atoms with Crippen LogP contribution in [0.4, 0.5) is 0 Å². The highest BCUT2D eigenvalue weighted by Gasteiger charge is 2.06. The molecule has 1 heterocycles. The molecule has 1 rings (SSSR count). The maximum Gasteiger partial charge on any atom is 0.269 e. The molecule has 0 bridgehead atoms. The van der Waals surface area contributed by atoms with E-state index in [4.69, 9.17) is 11.6 Å². The van der Waals surface area contributed by atoms with Crippen molar-refractivity contribution in [2.24, 2.45) is 0 Å². The average molecular weight is 228 g/mol. The number of carbonyl (C=O) groups excluding carboxylic acids is 1. The first-order chi connectivity index (χ1) is 7.09. The van der Waals surface area contributed by atoms with E-state index in [0.717, 1.165) is 6.54 Å². The second-order valence-corrected chi connectivity index (χ2v) is 3.85. The Hall–Kier alpha value is -1.13. The second-order valence-electron chi connectivity index (χ2n) is 3.42. The van der Waals surface area contributed by atoms with E-state index in [9.17, 15) is 4.79 Å². The largest absolute Gasteiger partial charge is 0.349 e. The molecule has 0 saturated carbocycles. The topological polar surface area (TPSA) is 45.2 Å². The standard InChI is InChI=1S/C10H14ClN3O/c1-14(2)6-5-13-10(15)9-7-8(11)3-4-12-9/h3-4,7H,5-6H2,1-2H3,(H,13,15). The maximum atomic E-state index is 11.5. The fraction of sp³-hybridized carbons (Fsp3) is 0.400. The van der Waals surface area contributed by atoms with Crippen LogP contribution >= 0.6 is 11.6 Å². The molecule has 1 aromatic heterocycles. The van der Waals surface area contributed by atoms with Gasteiger partial charge in [-0.15, -0.1) is 0 Å². The Balaban J connectivity index is 2.47. The molecule has 82 valence electrons. The predicted molar refractivity (Wildman–Crippen MR) is 60.1 cm³/mol. The van der Waals surface area contributed by atoms with Crippen molar-refractivity contribution >= 4 is 17.5 Å². The van der Waals surface area contributed by atoms with Crippen molar-refractivity contribution < 1.29 is 4.79 Å². The second kappa shape index (κ2) is 5.68. The molecule has 0 aliphatic carbocycles. The fourth-order valence-electron chi connectivity index (χ4n) is 1.01. The summed E-state index contributed by atoms with van der Waals surface area (Å²) in [6.45, 7) is 1.40. The molecule has 15 heavy (non-hydrogen) atoms. The van der Waals surface area contributed by atoms with Crippen LogP contribution in [0.15, 0.2) is 18.3 Å². The minimum absolute atomic E-state index is 0.195. The van der Waals surface area contributed by atoms with Crippen LogP contribution in [0.3, 0.4) is 0 Å². The molecule has 0 fully saturated rings. The van der Waals surface area contributed by atoms with Gasteiger partial charge in [0.05, 0.1) is 0 Å². The monoisotopic (exact) mass is 227 g/mol. The predicted octanol–water partition coefficient (Wildman–Crippen LogP) is 1.03. The first-order valence-corrected chi connectivity index (χ1v) is 5.02. The summed E-state index contributed by atoms with van der Waals surface area (Å²) in [5.74, 6) is -0.195. The minimum atomic E-state index is -0.195. The quantitative estimate of drug-likeness (QED) is 0.836. The van der Waals surface area contributed by atoms with Gasteiger partial charge < -0.3 is 10.2 Å². The van der Waals surface area contributed by atoms with Crippen LogP contribution in [0.5, 0.6) is 0 Å². The summed E-state index contributed by atoms with van der Waals surface area (Å²) < 4.78 is 0. The van der Waals surface area contributed by atoms with Gasteiger partial charge in [-0.3, -0.25) is 9.78 Å². The normalized spacial score (nSPS) is 10.4. The Morgan fingerprint density at radius 1 is 1.60 bits per heavy atom. The van der Waals surface area contributed by atoms with Crippen molar-refractivity contribution in [2.75, 3.05) is 27.2 Å². The van der Waals surface area contributed by atoms with Crippen molar-refractivity contribution in [3.05, 3.63) is 29.0 Å². The molecule has 0 aliphatic rings. The van der Waals surface area contributed by atoms with Gasteiger partial charge in [-0.1, -0.05) is 11.6 Å². The molecule has 0 aliphatic heterocycles. The van der Waals surface area contributed by atoms with Crippen molar-refractivity contribution in [1.82, 2.24) is 15.2 Å². The zero-order chi connectivity index (χ0) is 11.3. The number of aromatic nitrogens is 1. The number of nitrogens with one attached hydrogen (secondary N) is 1. The lowest BCUT2D eigenvalue weighted by molar-refractivity contribution is 0.0946. The van der Waals surface area contributed by atoms with E-state index in [1.165, 1.54) is 6.20 Å². The lowest BCUT2D eigenvalue weighted by Crippen LogP contribution is -2.31. The SMILES string of the molecule is CN(C)CCNC(=O)c1cc(Cl)ccn1. The summed E-state index contributed by atoms with van der Waals surface area (Å²) in [4.78, 5) is 17.4. The third-order valence-corrected chi connectivity index (χ3v) is 2.03. The molecule has 1 amide bonds. The van der Waals surface area contributed by atoms with Gasteiger partial charge in [0, 0.05) is 24.3 Å². The maximum absolute atomic E-state index is 11.5. The number of pyridine rings is 1. The molecule has 5 heteroatoms. The summed E-state index contributed by atoms with van der Waals surface area (Å²) in [5.41, 5.74) is 0.348. The van der Waals surface area contributed by atoms with Crippen molar-refractivity contribution in [2.45, 2.75) is 0 Å². The van der Waals surface area contributed by atoms with Crippen LogP contribution in [-0.4, -0.2) is 43.0 Å². The van der Waals surface area contributed by atoms with E-state index in [-0.39, 0.29) is 5.91 Å². The number of amides is 1. The van der Waals surface area contributed by atoms with Gasteiger partial charge in [0.1, 0.15) is 5.69 Å². The highest BCUT2D eigenvalue weighted by atomic mass is 35.5. The number of halogens is 1. The number of rotatable bonds is 4. The van der Waals surface area contributed by atoms with Gasteiger partial charge in [0.25, 0.3) is 5.91 Å². The zero-order valence-corrected chi connectivity index (χ0v) is 9.58. The molecule has 0 aromatic carbocycles. The highest BCUT2D eigenvalue weighted by Crippen LogP contribution is 2.07. The third kappa shape index (κ3) is 4.27. The smallest absolute Gasteiger partial charge is 0.269 e. The van der Waals surface area contributed by atoms with Gasteiger partial charge in [-0.2, -0.15) is 0 Å². The molecule has 0 radical (unpaired) electrons. The lowest BCUT2D eigenvalue weighted by Gasteiger charge is -2.09. The van der Waals surface area contributed by atoms with Gasteiger partial charge in [-0.25, -0.2) is 0 Å². The van der Waals surface area contributed by atoms with Crippen molar-refractivity contribution in [3.63, 3.8) is 0 Å². The summed E-state index contributed by atoms with van der Waals surface area (Å²) in [5, 5.41) is 3.27. The molecular formula is C10H14ClN3O. The Morgan fingerprint density at radius 3 is 2.93 bits per heavy atom. The molecule has 4 nitrogen and oxygen atoms in total. The highest BCUT2D eigenvalue weighted by molar-refractivity contribution is 6.30. The molecule has 0 unspecified atom stereocenters. The minimum Gasteiger partial charge on any atom is -0.349 e. The average Bonchev–Trinajstić information content (AvgIpc) is 2.17. The molecule has 0 saturated heterocycles. The first-order valence-electron chi connectivity index (χ1n) is 4.64. The van der Waals surface area contributed by atoms with E-state index in [1.54, 1.807) is 12.1 Å².